The van der Waals surface area contributed by atoms with Crippen LogP contribution in [0.4, 0.5) is 0 Å². The fraction of sp³-hybridized carbons (Fsp3) is 0.600. The summed E-state index contributed by atoms with van der Waals surface area (Å²) in [6.45, 7) is 14.7. The molecule has 1 rings (SSSR count). The molecule has 0 amide bonds. The van der Waals surface area contributed by atoms with Gasteiger partial charge >= 0.3 is 0 Å². The maximum atomic E-state index is 4.07. The van der Waals surface area contributed by atoms with Gasteiger partial charge in [0, 0.05) is 5.92 Å². The minimum absolute atomic E-state index is 0.677. The van der Waals surface area contributed by atoms with E-state index in [4.69, 9.17) is 0 Å². The maximum absolute atomic E-state index is 4.07. The van der Waals surface area contributed by atoms with Gasteiger partial charge in [-0.3, -0.25) is 0 Å². The second-order valence-corrected chi connectivity index (χ2v) is 5.11. The van der Waals surface area contributed by atoms with E-state index >= 15 is 0 Å². The lowest BCUT2D eigenvalue weighted by Gasteiger charge is -2.33. The van der Waals surface area contributed by atoms with Gasteiger partial charge in [-0.1, -0.05) is 43.7 Å². The summed E-state index contributed by atoms with van der Waals surface area (Å²) in [5.41, 5.74) is 2.95. The van der Waals surface area contributed by atoms with Crippen molar-refractivity contribution < 1.29 is 0 Å². The van der Waals surface area contributed by atoms with Crippen molar-refractivity contribution in [2.75, 3.05) is 0 Å². The fourth-order valence-corrected chi connectivity index (χ4v) is 2.52. The van der Waals surface area contributed by atoms with Crippen molar-refractivity contribution >= 4 is 0 Å². The van der Waals surface area contributed by atoms with Gasteiger partial charge in [-0.15, -0.1) is 6.58 Å². The van der Waals surface area contributed by atoms with Crippen molar-refractivity contribution in [2.45, 2.75) is 40.0 Å². The van der Waals surface area contributed by atoms with Gasteiger partial charge in [-0.25, -0.2) is 0 Å². The van der Waals surface area contributed by atoms with E-state index in [0.29, 0.717) is 5.92 Å². The van der Waals surface area contributed by atoms with Gasteiger partial charge in [-0.2, -0.15) is 0 Å². The van der Waals surface area contributed by atoms with E-state index in [1.807, 2.05) is 6.08 Å². The van der Waals surface area contributed by atoms with Crippen molar-refractivity contribution in [1.29, 1.82) is 0 Å². The predicted molar refractivity (Wildman–Crippen MR) is 68.8 cm³/mol. The first-order valence-corrected chi connectivity index (χ1v) is 6.02. The molecule has 0 aromatic rings. The quantitative estimate of drug-likeness (QED) is 0.548. The molecule has 0 N–H and O–H groups in total. The monoisotopic (exact) mass is 204 g/mol. The van der Waals surface area contributed by atoms with E-state index in [9.17, 15) is 0 Å². The minimum atomic E-state index is 0.677. The summed E-state index contributed by atoms with van der Waals surface area (Å²) in [5, 5.41) is 0. The molecule has 0 aromatic heterocycles. The highest BCUT2D eigenvalue weighted by atomic mass is 14.3. The predicted octanol–water partition coefficient (Wildman–Crippen LogP) is 4.75. The topological polar surface area (TPSA) is 0 Å². The van der Waals surface area contributed by atoms with Gasteiger partial charge in [0.15, 0.2) is 0 Å². The number of allylic oxidation sites excluding steroid dienone is 4. The minimum Gasteiger partial charge on any atom is -0.103 e. The van der Waals surface area contributed by atoms with E-state index in [2.05, 4.69) is 40.0 Å². The van der Waals surface area contributed by atoms with Crippen LogP contribution in [0.5, 0.6) is 0 Å². The molecule has 84 valence electrons. The van der Waals surface area contributed by atoms with Crippen LogP contribution in [-0.4, -0.2) is 0 Å². The van der Waals surface area contributed by atoms with Crippen molar-refractivity contribution in [1.82, 2.24) is 0 Å². The highest BCUT2D eigenvalue weighted by Gasteiger charge is 2.26. The molecule has 3 atom stereocenters. The molecule has 0 heterocycles. The summed E-state index contributed by atoms with van der Waals surface area (Å²) in [7, 11) is 0. The third-order valence-electron chi connectivity index (χ3n) is 3.48. The fourth-order valence-electron chi connectivity index (χ4n) is 2.52. The lowest BCUT2D eigenvalue weighted by atomic mass is 9.72. The van der Waals surface area contributed by atoms with Crippen LogP contribution >= 0.6 is 0 Å². The van der Waals surface area contributed by atoms with Gasteiger partial charge in [0.2, 0.25) is 0 Å². The molecule has 0 fully saturated rings. The summed E-state index contributed by atoms with van der Waals surface area (Å²) < 4.78 is 0. The number of rotatable bonds is 6. The van der Waals surface area contributed by atoms with Crippen LogP contribution in [0.15, 0.2) is 36.5 Å². The highest BCUT2D eigenvalue weighted by molar-refractivity contribution is 5.29. The molecule has 3 unspecified atom stereocenters. The average Bonchev–Trinajstić information content (AvgIpc) is 1.99. The zero-order chi connectivity index (χ0) is 11.4. The van der Waals surface area contributed by atoms with Crippen LogP contribution < -0.4 is 0 Å². The van der Waals surface area contributed by atoms with E-state index in [1.54, 1.807) is 5.57 Å². The van der Waals surface area contributed by atoms with E-state index in [1.165, 1.54) is 18.4 Å². The maximum Gasteiger partial charge on any atom is 0.00387 e. The van der Waals surface area contributed by atoms with Crippen molar-refractivity contribution in [3.63, 3.8) is 0 Å². The molecular weight excluding hydrogens is 180 g/mol. The molecule has 15 heavy (non-hydrogen) atoms. The normalized spacial score (nSPS) is 23.7. The first-order chi connectivity index (χ1) is 7.06. The lowest BCUT2D eigenvalue weighted by Crippen LogP contribution is -2.20. The SMILES string of the molecule is C=CCC(C)CC(C)C1=CCC1C(=C)C. The molecule has 0 heteroatoms. The first kappa shape index (κ1) is 12.3. The van der Waals surface area contributed by atoms with Gasteiger partial charge < -0.3 is 0 Å². The van der Waals surface area contributed by atoms with Crippen LogP contribution in [0.1, 0.15) is 40.0 Å². The third-order valence-corrected chi connectivity index (χ3v) is 3.48. The van der Waals surface area contributed by atoms with E-state index in [0.717, 1.165) is 18.3 Å². The zero-order valence-corrected chi connectivity index (χ0v) is 10.4. The van der Waals surface area contributed by atoms with Crippen molar-refractivity contribution in [3.05, 3.63) is 36.5 Å². The number of hydrogen-bond acceptors (Lipinski definition) is 0. The second-order valence-electron chi connectivity index (χ2n) is 5.11. The second kappa shape index (κ2) is 5.34. The Hall–Kier alpha value is -0.780. The zero-order valence-electron chi connectivity index (χ0n) is 10.4. The Morgan fingerprint density at radius 2 is 2.27 bits per heavy atom. The highest BCUT2D eigenvalue weighted by Crippen LogP contribution is 2.39. The van der Waals surface area contributed by atoms with Crippen LogP contribution in [0.25, 0.3) is 0 Å². The van der Waals surface area contributed by atoms with E-state index < -0.39 is 0 Å². The van der Waals surface area contributed by atoms with Crippen LogP contribution in [0.3, 0.4) is 0 Å². The molecule has 0 aromatic carbocycles. The third kappa shape index (κ3) is 3.09. The van der Waals surface area contributed by atoms with Crippen molar-refractivity contribution in [2.24, 2.45) is 17.8 Å². The molecule has 0 spiro atoms. The Balaban J connectivity index is 2.44. The first-order valence-electron chi connectivity index (χ1n) is 6.02. The van der Waals surface area contributed by atoms with Crippen LogP contribution in [0.2, 0.25) is 0 Å². The molecule has 0 saturated carbocycles. The standard InChI is InChI=1S/C15H24/c1-6-7-12(4)10-13(5)15-9-8-14(15)11(2)3/h6,9,12-14H,1-2,7-8,10H2,3-5H3. The molecule has 1 aliphatic carbocycles. The van der Waals surface area contributed by atoms with Gasteiger partial charge in [0.25, 0.3) is 0 Å². The Bertz CT molecular complexity index is 270. The van der Waals surface area contributed by atoms with Crippen LogP contribution in [0, 0.1) is 17.8 Å². The Kier molecular flexibility index (Phi) is 4.38. The van der Waals surface area contributed by atoms with Crippen LogP contribution in [-0.2, 0) is 0 Å². The molecule has 0 bridgehead atoms. The van der Waals surface area contributed by atoms with Gasteiger partial charge in [-0.05, 0) is 38.0 Å². The van der Waals surface area contributed by atoms with E-state index in [-0.39, 0.29) is 0 Å². The largest absolute Gasteiger partial charge is 0.103 e. The Labute approximate surface area is 94.8 Å². The lowest BCUT2D eigenvalue weighted by molar-refractivity contribution is 0.416. The summed E-state index contributed by atoms with van der Waals surface area (Å²) >= 11 is 0. The molecule has 1 aliphatic rings. The molecule has 0 radical (unpaired) electrons. The summed E-state index contributed by atoms with van der Waals surface area (Å²) in [5.74, 6) is 2.15. The Morgan fingerprint density at radius 3 is 2.67 bits per heavy atom. The number of hydrogen-bond donors (Lipinski definition) is 0. The average molecular weight is 204 g/mol. The Morgan fingerprint density at radius 1 is 1.60 bits per heavy atom. The summed E-state index contributed by atoms with van der Waals surface area (Å²) in [6, 6.07) is 0. The van der Waals surface area contributed by atoms with Gasteiger partial charge in [0.1, 0.15) is 0 Å². The molecular formula is C15H24. The smallest absolute Gasteiger partial charge is 0.00387 e. The molecule has 0 saturated heterocycles. The molecule has 0 aliphatic heterocycles. The molecule has 0 nitrogen and oxygen atoms in total. The van der Waals surface area contributed by atoms with Gasteiger partial charge in [0.05, 0.1) is 0 Å². The summed E-state index contributed by atoms with van der Waals surface area (Å²) in [4.78, 5) is 0. The van der Waals surface area contributed by atoms with Crippen molar-refractivity contribution in [3.8, 4) is 0 Å². The summed E-state index contributed by atoms with van der Waals surface area (Å²) in [6.07, 6.45) is 8.05.